The highest BCUT2D eigenvalue weighted by Crippen LogP contribution is 2.28. The van der Waals surface area contributed by atoms with E-state index in [1.54, 1.807) is 18.5 Å². The Labute approximate surface area is 99.3 Å². The molecule has 4 heteroatoms. The average Bonchev–Trinajstić information content (AvgIpc) is 2.40. The highest BCUT2D eigenvalue weighted by atomic mass is 16.5. The van der Waals surface area contributed by atoms with Crippen molar-refractivity contribution < 1.29 is 14.6 Å². The number of hydrogen-bond donors (Lipinski definition) is 1. The van der Waals surface area contributed by atoms with Crippen LogP contribution >= 0.6 is 0 Å². The fraction of sp³-hybridized carbons (Fsp3) is 0.231. The lowest BCUT2D eigenvalue weighted by molar-refractivity contribution is -0.124. The molecule has 17 heavy (non-hydrogen) atoms. The number of ether oxygens (including phenoxy) is 1. The Kier molecular flexibility index (Phi) is 3.35. The molecule has 0 saturated heterocycles. The number of ketones is 1. The molecule has 1 N–H and O–H groups in total. The third-order valence-corrected chi connectivity index (χ3v) is 2.79. The lowest BCUT2D eigenvalue weighted by Gasteiger charge is -2.21. The quantitative estimate of drug-likeness (QED) is 0.623. The Bertz CT molecular complexity index is 477. The Hall–Kier alpha value is -1.94. The van der Waals surface area contributed by atoms with E-state index in [1.165, 1.54) is 7.11 Å². The average molecular weight is 231 g/mol. The van der Waals surface area contributed by atoms with Crippen LogP contribution in [-0.2, 0) is 9.53 Å². The molecule has 0 aliphatic heterocycles. The maximum Gasteiger partial charge on any atom is 0.194 e. The first-order chi connectivity index (χ1) is 8.26. The van der Waals surface area contributed by atoms with E-state index in [1.807, 2.05) is 12.1 Å². The molecule has 0 saturated carbocycles. The number of Topliss-reactive ketones (excluding diaryl/α,β-unsaturated/α-hetero) is 1. The number of nitrogens with zero attached hydrogens (tertiary/aromatic N) is 1. The molecular formula is C13H13NO3. The van der Waals surface area contributed by atoms with Gasteiger partial charge in [-0.05, 0) is 29.3 Å². The molecule has 0 aromatic carbocycles. The predicted molar refractivity (Wildman–Crippen MR) is 63.3 cm³/mol. The summed E-state index contributed by atoms with van der Waals surface area (Å²) in [5.41, 5.74) is 2.21. The van der Waals surface area contributed by atoms with Crippen LogP contribution in [0.5, 0.6) is 0 Å². The smallest absolute Gasteiger partial charge is 0.194 e. The van der Waals surface area contributed by atoms with Crippen molar-refractivity contribution in [3.05, 3.63) is 48.0 Å². The fourth-order valence-corrected chi connectivity index (χ4v) is 1.85. The van der Waals surface area contributed by atoms with Gasteiger partial charge < -0.3 is 9.84 Å². The summed E-state index contributed by atoms with van der Waals surface area (Å²) in [5.74, 6) is -0.187. The van der Waals surface area contributed by atoms with Crippen molar-refractivity contribution >= 4 is 11.4 Å². The lowest BCUT2D eigenvalue weighted by Crippen LogP contribution is -2.27. The van der Waals surface area contributed by atoms with Gasteiger partial charge in [-0.2, -0.15) is 0 Å². The number of rotatable bonds is 2. The summed E-state index contributed by atoms with van der Waals surface area (Å²) < 4.78 is 5.13. The van der Waals surface area contributed by atoms with Gasteiger partial charge in [0.15, 0.2) is 5.78 Å². The highest BCUT2D eigenvalue weighted by molar-refractivity contribution is 6.05. The molecule has 1 aromatic rings. The number of aliphatic hydroxyl groups excluding tert-OH is 1. The van der Waals surface area contributed by atoms with E-state index in [0.29, 0.717) is 6.42 Å². The minimum Gasteiger partial charge on any atom is -0.515 e. The van der Waals surface area contributed by atoms with Gasteiger partial charge in [-0.3, -0.25) is 9.78 Å². The van der Waals surface area contributed by atoms with Gasteiger partial charge in [0.05, 0.1) is 11.8 Å². The third kappa shape index (κ3) is 2.26. The van der Waals surface area contributed by atoms with Crippen LogP contribution in [0.2, 0.25) is 0 Å². The Balaban J connectivity index is 2.39. The normalized spacial score (nSPS) is 22.6. The summed E-state index contributed by atoms with van der Waals surface area (Å²) in [6, 6.07) is 3.73. The second kappa shape index (κ2) is 4.93. The molecule has 4 nitrogen and oxygen atoms in total. The summed E-state index contributed by atoms with van der Waals surface area (Å²) in [5, 5.41) is 9.04. The third-order valence-electron chi connectivity index (χ3n) is 2.79. The van der Waals surface area contributed by atoms with Crippen molar-refractivity contribution in [3.8, 4) is 0 Å². The van der Waals surface area contributed by atoms with Crippen molar-refractivity contribution in [1.29, 1.82) is 0 Å². The van der Waals surface area contributed by atoms with E-state index >= 15 is 0 Å². The van der Waals surface area contributed by atoms with Crippen LogP contribution < -0.4 is 0 Å². The Morgan fingerprint density at radius 1 is 1.47 bits per heavy atom. The van der Waals surface area contributed by atoms with E-state index in [0.717, 1.165) is 17.4 Å². The maximum absolute atomic E-state index is 11.8. The maximum atomic E-state index is 11.8. The van der Waals surface area contributed by atoms with Crippen LogP contribution in [0.3, 0.4) is 0 Å². The molecule has 0 amide bonds. The number of methoxy groups -OCH3 is 1. The van der Waals surface area contributed by atoms with E-state index in [2.05, 4.69) is 4.98 Å². The van der Waals surface area contributed by atoms with Gasteiger partial charge in [0.25, 0.3) is 0 Å². The molecule has 0 spiro atoms. The van der Waals surface area contributed by atoms with E-state index in [4.69, 9.17) is 9.84 Å². The molecule has 1 heterocycles. The first kappa shape index (κ1) is 11.5. The number of allylic oxidation sites excluding steroid dienone is 1. The first-order valence-corrected chi connectivity index (χ1v) is 5.28. The van der Waals surface area contributed by atoms with Gasteiger partial charge in [-0.15, -0.1) is 0 Å². The summed E-state index contributed by atoms with van der Waals surface area (Å²) >= 11 is 0. The van der Waals surface area contributed by atoms with Crippen molar-refractivity contribution in [2.24, 2.45) is 0 Å². The van der Waals surface area contributed by atoms with Gasteiger partial charge >= 0.3 is 0 Å². The molecule has 1 aromatic heterocycles. The molecule has 2 rings (SSSR count). The summed E-state index contributed by atoms with van der Waals surface area (Å²) in [6.07, 6.45) is 5.88. The molecule has 1 aliphatic rings. The van der Waals surface area contributed by atoms with Crippen molar-refractivity contribution in [2.45, 2.75) is 12.5 Å². The molecule has 1 aliphatic carbocycles. The number of aliphatic hydroxyl groups is 1. The monoisotopic (exact) mass is 231 g/mol. The molecule has 1 atom stereocenters. The zero-order chi connectivity index (χ0) is 12.3. The Morgan fingerprint density at radius 2 is 2.18 bits per heavy atom. The van der Waals surface area contributed by atoms with Crippen molar-refractivity contribution in [1.82, 2.24) is 4.98 Å². The van der Waals surface area contributed by atoms with Gasteiger partial charge in [0.2, 0.25) is 0 Å². The zero-order valence-corrected chi connectivity index (χ0v) is 9.46. The topological polar surface area (TPSA) is 59.4 Å². The molecule has 88 valence electrons. The largest absolute Gasteiger partial charge is 0.515 e. The van der Waals surface area contributed by atoms with E-state index < -0.39 is 6.10 Å². The second-order valence-electron chi connectivity index (χ2n) is 3.78. The molecule has 1 unspecified atom stereocenters. The number of hydrogen-bond acceptors (Lipinski definition) is 4. The van der Waals surface area contributed by atoms with Gasteiger partial charge in [0, 0.05) is 25.9 Å². The standard InChI is InChI=1S/C13H13NO3/c1-17-12-7-10(6-11(8-15)13(12)16)9-2-4-14-5-3-9/h2-6,8,12,15H,7H2,1H3. The molecule has 0 bridgehead atoms. The van der Waals surface area contributed by atoms with Crippen LogP contribution in [0.25, 0.3) is 5.57 Å². The second-order valence-corrected chi connectivity index (χ2v) is 3.78. The van der Waals surface area contributed by atoms with Crippen LogP contribution in [-0.4, -0.2) is 29.1 Å². The van der Waals surface area contributed by atoms with Gasteiger partial charge in [0.1, 0.15) is 6.10 Å². The Morgan fingerprint density at radius 3 is 2.76 bits per heavy atom. The van der Waals surface area contributed by atoms with E-state index in [9.17, 15) is 4.79 Å². The van der Waals surface area contributed by atoms with Gasteiger partial charge in [-0.25, -0.2) is 0 Å². The van der Waals surface area contributed by atoms with Gasteiger partial charge in [-0.1, -0.05) is 0 Å². The number of pyridine rings is 1. The minimum absolute atomic E-state index is 0.187. The lowest BCUT2D eigenvalue weighted by atomic mass is 9.88. The number of carbonyl (C=O) groups is 1. The molecular weight excluding hydrogens is 218 g/mol. The number of carbonyl (C=O) groups excluding carboxylic acids is 1. The fourth-order valence-electron chi connectivity index (χ4n) is 1.85. The predicted octanol–water partition coefficient (Wildman–Crippen LogP) is 1.89. The summed E-state index contributed by atoms with van der Waals surface area (Å²) in [6.45, 7) is 0. The molecule has 0 fully saturated rings. The first-order valence-electron chi connectivity index (χ1n) is 5.28. The van der Waals surface area contributed by atoms with E-state index in [-0.39, 0.29) is 11.4 Å². The van der Waals surface area contributed by atoms with Crippen LogP contribution in [0.15, 0.2) is 42.4 Å². The van der Waals surface area contributed by atoms with Crippen molar-refractivity contribution in [2.75, 3.05) is 7.11 Å². The van der Waals surface area contributed by atoms with Crippen LogP contribution in [0.1, 0.15) is 12.0 Å². The van der Waals surface area contributed by atoms with Crippen molar-refractivity contribution in [3.63, 3.8) is 0 Å². The summed E-state index contributed by atoms with van der Waals surface area (Å²) in [7, 11) is 1.49. The molecule has 0 radical (unpaired) electrons. The SMILES string of the molecule is COC1CC(c2ccncc2)=CC(=CO)C1=O. The minimum atomic E-state index is -0.526. The summed E-state index contributed by atoms with van der Waals surface area (Å²) in [4.78, 5) is 15.7. The number of aromatic nitrogens is 1. The van der Waals surface area contributed by atoms with Crippen LogP contribution in [0, 0.1) is 0 Å². The zero-order valence-electron chi connectivity index (χ0n) is 9.46. The van der Waals surface area contributed by atoms with Crippen LogP contribution in [0.4, 0.5) is 0 Å². The highest BCUT2D eigenvalue weighted by Gasteiger charge is 2.27.